The van der Waals surface area contributed by atoms with Gasteiger partial charge in [-0.25, -0.2) is 4.98 Å². The lowest BCUT2D eigenvalue weighted by Crippen LogP contribution is -2.19. The zero-order valence-electron chi connectivity index (χ0n) is 10.2. The molecule has 0 aliphatic rings. The number of aromatic nitrogens is 1. The second-order valence-corrected chi connectivity index (χ2v) is 3.63. The highest BCUT2D eigenvalue weighted by Gasteiger charge is 2.25. The molecule has 2 heterocycles. The van der Waals surface area contributed by atoms with Crippen LogP contribution in [0.5, 0.6) is 5.88 Å². The molecule has 3 N–H and O–H groups in total. The number of ether oxygens (including phenoxy) is 1. The molecule has 0 amide bonds. The van der Waals surface area contributed by atoms with Crippen LogP contribution in [0.25, 0.3) is 11.3 Å². The monoisotopic (exact) mass is 255 g/mol. The van der Waals surface area contributed by atoms with E-state index in [9.17, 15) is 10.5 Å². The Morgan fingerprint density at radius 2 is 2.11 bits per heavy atom. The van der Waals surface area contributed by atoms with Gasteiger partial charge in [0.2, 0.25) is 0 Å². The minimum absolute atomic E-state index is 0.136. The maximum atomic E-state index is 9.29. The number of hydrogen-bond acceptors (Lipinski definition) is 5. The number of H-pyrrole nitrogens is 1. The highest BCUT2D eigenvalue weighted by atomic mass is 16.5. The van der Waals surface area contributed by atoms with E-state index in [1.54, 1.807) is 19.1 Å². The number of aromatic amines is 1. The van der Waals surface area contributed by atoms with Crippen LogP contribution in [0.15, 0.2) is 22.8 Å². The molecule has 0 bridgehead atoms. The van der Waals surface area contributed by atoms with E-state index < -0.39 is 0 Å². The molecule has 2 rings (SSSR count). The molecule has 0 atom stereocenters. The SMILES string of the molecule is CCOc1[nH+]c(N)c(C#N)c(-c2ccco2)c1C#N. The van der Waals surface area contributed by atoms with Crippen molar-refractivity contribution in [1.82, 2.24) is 0 Å². The fourth-order valence-corrected chi connectivity index (χ4v) is 1.76. The standard InChI is InChI=1S/C13H10N4O2/c1-2-18-13-9(7-15)11(10-4-3-5-19-10)8(6-14)12(16)17-13/h3-5H,2H2,1H3,(H2,16,17)/p+1. The van der Waals surface area contributed by atoms with E-state index >= 15 is 0 Å². The summed E-state index contributed by atoms with van der Waals surface area (Å²) >= 11 is 0. The molecule has 0 saturated heterocycles. The number of rotatable bonds is 3. The van der Waals surface area contributed by atoms with E-state index in [0.29, 0.717) is 17.9 Å². The Morgan fingerprint density at radius 1 is 1.37 bits per heavy atom. The quantitative estimate of drug-likeness (QED) is 0.893. The highest BCUT2D eigenvalue weighted by molar-refractivity contribution is 5.77. The molecule has 0 saturated carbocycles. The molecule has 19 heavy (non-hydrogen) atoms. The van der Waals surface area contributed by atoms with E-state index in [1.165, 1.54) is 6.26 Å². The van der Waals surface area contributed by atoms with Gasteiger partial charge in [-0.15, -0.1) is 0 Å². The zero-order valence-corrected chi connectivity index (χ0v) is 10.2. The first-order chi connectivity index (χ1) is 9.22. The van der Waals surface area contributed by atoms with Gasteiger partial charge in [0, 0.05) is 0 Å². The van der Waals surface area contributed by atoms with Crippen molar-refractivity contribution in [2.24, 2.45) is 0 Å². The molecule has 6 nitrogen and oxygen atoms in total. The van der Waals surface area contributed by atoms with Gasteiger partial charge >= 0.3 is 5.88 Å². The summed E-state index contributed by atoms with van der Waals surface area (Å²) in [6.45, 7) is 2.16. The van der Waals surface area contributed by atoms with Crippen LogP contribution in [0.1, 0.15) is 18.1 Å². The summed E-state index contributed by atoms with van der Waals surface area (Å²) in [5.41, 5.74) is 6.48. The highest BCUT2D eigenvalue weighted by Crippen LogP contribution is 2.32. The number of nitrogen functional groups attached to an aromatic ring is 1. The van der Waals surface area contributed by atoms with Crippen molar-refractivity contribution in [2.75, 3.05) is 12.3 Å². The third-order valence-corrected chi connectivity index (χ3v) is 2.52. The van der Waals surface area contributed by atoms with Crippen LogP contribution < -0.4 is 15.5 Å². The van der Waals surface area contributed by atoms with Gasteiger partial charge in [0.15, 0.2) is 5.56 Å². The summed E-state index contributed by atoms with van der Waals surface area (Å²) in [5, 5.41) is 18.5. The summed E-state index contributed by atoms with van der Waals surface area (Å²) in [4.78, 5) is 2.72. The average Bonchev–Trinajstić information content (AvgIpc) is 2.92. The molecule has 0 aromatic carbocycles. The van der Waals surface area contributed by atoms with Gasteiger partial charge in [0.1, 0.15) is 23.5 Å². The normalized spacial score (nSPS) is 9.63. The second kappa shape index (κ2) is 5.11. The molecule has 0 aliphatic carbocycles. The lowest BCUT2D eigenvalue weighted by Gasteiger charge is -2.07. The van der Waals surface area contributed by atoms with Crippen molar-refractivity contribution in [3.05, 3.63) is 29.5 Å². The smallest absolute Gasteiger partial charge is 0.301 e. The van der Waals surface area contributed by atoms with Crippen molar-refractivity contribution in [3.63, 3.8) is 0 Å². The van der Waals surface area contributed by atoms with Crippen LogP contribution in [0.2, 0.25) is 0 Å². The van der Waals surface area contributed by atoms with Crippen molar-refractivity contribution in [2.45, 2.75) is 6.92 Å². The van der Waals surface area contributed by atoms with Crippen LogP contribution in [0.3, 0.4) is 0 Å². The fourth-order valence-electron chi connectivity index (χ4n) is 1.76. The van der Waals surface area contributed by atoms with Crippen molar-refractivity contribution >= 4 is 5.82 Å². The van der Waals surface area contributed by atoms with Crippen LogP contribution in [-0.4, -0.2) is 6.61 Å². The summed E-state index contributed by atoms with van der Waals surface area (Å²) < 4.78 is 10.6. The molecule has 0 spiro atoms. The number of furan rings is 1. The Bertz CT molecular complexity index is 678. The van der Waals surface area contributed by atoms with Crippen molar-refractivity contribution in [1.29, 1.82) is 10.5 Å². The summed E-state index contributed by atoms with van der Waals surface area (Å²) in [6, 6.07) is 7.32. The minimum Gasteiger partial charge on any atom is -0.464 e. The molecular weight excluding hydrogens is 244 g/mol. The van der Waals surface area contributed by atoms with Gasteiger partial charge in [-0.3, -0.25) is 5.73 Å². The summed E-state index contributed by atoms with van der Waals surface area (Å²) in [7, 11) is 0. The predicted octanol–water partition coefficient (Wildman–Crippen LogP) is 1.48. The summed E-state index contributed by atoms with van der Waals surface area (Å²) in [6.07, 6.45) is 1.46. The van der Waals surface area contributed by atoms with E-state index in [4.69, 9.17) is 14.9 Å². The topological polar surface area (TPSA) is 110 Å². The van der Waals surface area contributed by atoms with Gasteiger partial charge < -0.3 is 9.15 Å². The summed E-state index contributed by atoms with van der Waals surface area (Å²) in [5.74, 6) is 0.763. The number of hydrogen-bond donors (Lipinski definition) is 1. The number of nitriles is 2. The number of nitrogens with zero attached hydrogens (tertiary/aromatic N) is 2. The lowest BCUT2D eigenvalue weighted by molar-refractivity contribution is -0.377. The number of anilines is 1. The van der Waals surface area contributed by atoms with E-state index in [0.717, 1.165) is 0 Å². The number of nitrogens with one attached hydrogen (secondary N) is 1. The van der Waals surface area contributed by atoms with Crippen molar-refractivity contribution < 1.29 is 14.1 Å². The van der Waals surface area contributed by atoms with Crippen molar-refractivity contribution in [3.8, 4) is 29.3 Å². The van der Waals surface area contributed by atoms with Gasteiger partial charge in [-0.1, -0.05) is 0 Å². The maximum absolute atomic E-state index is 9.29. The zero-order chi connectivity index (χ0) is 13.8. The van der Waals surface area contributed by atoms with Crippen LogP contribution in [0, 0.1) is 22.7 Å². The van der Waals surface area contributed by atoms with Gasteiger partial charge in [0.25, 0.3) is 5.82 Å². The van der Waals surface area contributed by atoms with Crippen LogP contribution in [0.4, 0.5) is 5.82 Å². The Labute approximate surface area is 109 Å². The molecule has 0 unspecified atom stereocenters. The third-order valence-electron chi connectivity index (χ3n) is 2.52. The first-order valence-electron chi connectivity index (χ1n) is 5.58. The van der Waals surface area contributed by atoms with Crippen LogP contribution >= 0.6 is 0 Å². The van der Waals surface area contributed by atoms with E-state index in [2.05, 4.69) is 4.98 Å². The molecule has 0 fully saturated rings. The molecule has 2 aromatic rings. The Kier molecular flexibility index (Phi) is 3.35. The van der Waals surface area contributed by atoms with Crippen LogP contribution in [-0.2, 0) is 0 Å². The predicted molar refractivity (Wildman–Crippen MR) is 65.7 cm³/mol. The van der Waals surface area contributed by atoms with Gasteiger partial charge in [0.05, 0.1) is 18.4 Å². The minimum atomic E-state index is 0.136. The third kappa shape index (κ3) is 2.07. The second-order valence-electron chi connectivity index (χ2n) is 3.63. The van der Waals surface area contributed by atoms with E-state index in [1.807, 2.05) is 12.1 Å². The Hall–Kier alpha value is -2.99. The fraction of sp³-hybridized carbons (Fsp3) is 0.154. The molecule has 6 heteroatoms. The first-order valence-corrected chi connectivity index (χ1v) is 5.58. The molecular formula is C13H11N4O2+. The number of pyridine rings is 1. The van der Waals surface area contributed by atoms with Gasteiger partial charge in [-0.2, -0.15) is 10.5 Å². The molecule has 0 aliphatic heterocycles. The maximum Gasteiger partial charge on any atom is 0.301 e. The first kappa shape index (κ1) is 12.5. The molecule has 94 valence electrons. The average molecular weight is 255 g/mol. The molecule has 2 aromatic heterocycles. The number of nitrogens with two attached hydrogens (primary N) is 1. The van der Waals surface area contributed by atoms with E-state index in [-0.39, 0.29) is 22.8 Å². The van der Waals surface area contributed by atoms with Gasteiger partial charge in [-0.05, 0) is 19.1 Å². The lowest BCUT2D eigenvalue weighted by atomic mass is 10.0. The Morgan fingerprint density at radius 3 is 2.63 bits per heavy atom. The molecule has 0 radical (unpaired) electrons. The Balaban J connectivity index is 2.81. The largest absolute Gasteiger partial charge is 0.464 e.